The highest BCUT2D eigenvalue weighted by molar-refractivity contribution is 5.77. The van der Waals surface area contributed by atoms with E-state index in [0.29, 0.717) is 12.8 Å². The van der Waals surface area contributed by atoms with E-state index in [9.17, 15) is 15.0 Å². The molecule has 3 aliphatic heterocycles. The molecule has 7 rings (SSSR count). The standard InChI is InChI=1S/C22H33NO5/c1-4-23-10-20(2)7-6-13(27-3)22-12-9-11-5-8-21(26,14(12)19(25)28-11)15(18(22)23)16(24)17(20)22/h11-18,24,26H,4-10H2,1-3H3/t11-,12+,13?,14+,15-,16?,17+,18+,20-,21+,22-/m0/s1. The lowest BCUT2D eigenvalue weighted by Gasteiger charge is -2.69. The van der Waals surface area contributed by atoms with Crippen molar-refractivity contribution in [2.75, 3.05) is 20.2 Å². The number of nitrogens with zero attached hydrogens (tertiary/aromatic N) is 1. The van der Waals surface area contributed by atoms with E-state index in [-0.39, 0.29) is 52.8 Å². The summed E-state index contributed by atoms with van der Waals surface area (Å²) in [7, 11) is 1.79. The van der Waals surface area contributed by atoms with Gasteiger partial charge in [-0.05, 0) is 50.0 Å². The van der Waals surface area contributed by atoms with Gasteiger partial charge in [0.2, 0.25) is 0 Å². The van der Waals surface area contributed by atoms with E-state index >= 15 is 0 Å². The van der Waals surface area contributed by atoms with Crippen molar-refractivity contribution in [1.82, 2.24) is 4.90 Å². The van der Waals surface area contributed by atoms with Crippen LogP contribution in [-0.4, -0.2) is 71.2 Å². The van der Waals surface area contributed by atoms with Crippen molar-refractivity contribution >= 4 is 5.97 Å². The van der Waals surface area contributed by atoms with Crippen molar-refractivity contribution < 1.29 is 24.5 Å². The van der Waals surface area contributed by atoms with Gasteiger partial charge in [0.05, 0.1) is 23.7 Å². The van der Waals surface area contributed by atoms with Crippen LogP contribution in [0.2, 0.25) is 0 Å². The number of ether oxygens (including phenoxy) is 2. The lowest BCUT2D eigenvalue weighted by molar-refractivity contribution is -0.269. The molecule has 28 heavy (non-hydrogen) atoms. The van der Waals surface area contributed by atoms with Crippen LogP contribution in [0.5, 0.6) is 0 Å². The molecule has 3 saturated heterocycles. The van der Waals surface area contributed by atoms with Gasteiger partial charge in [0.25, 0.3) is 0 Å². The normalized spacial score (nSPS) is 61.8. The molecular weight excluding hydrogens is 358 g/mol. The van der Waals surface area contributed by atoms with E-state index < -0.39 is 17.6 Å². The number of aliphatic hydroxyl groups excluding tert-OH is 1. The fourth-order valence-corrected chi connectivity index (χ4v) is 9.64. The molecule has 3 heterocycles. The minimum Gasteiger partial charge on any atom is -0.462 e. The maximum absolute atomic E-state index is 13.1. The number of carbonyl (C=O) groups is 1. The number of hydrogen-bond acceptors (Lipinski definition) is 6. The summed E-state index contributed by atoms with van der Waals surface area (Å²) in [5, 5.41) is 23.9. The molecule has 7 aliphatic rings. The molecule has 11 atom stereocenters. The molecule has 7 fully saturated rings. The third kappa shape index (κ3) is 1.68. The minimum atomic E-state index is -1.17. The van der Waals surface area contributed by atoms with Gasteiger partial charge in [0, 0.05) is 36.9 Å². The largest absolute Gasteiger partial charge is 0.462 e. The van der Waals surface area contributed by atoms with Gasteiger partial charge in [0.15, 0.2) is 0 Å². The summed E-state index contributed by atoms with van der Waals surface area (Å²) in [5.74, 6) is -0.969. The second-order valence-corrected chi connectivity index (χ2v) is 10.8. The molecule has 0 radical (unpaired) electrons. The SMILES string of the molecule is CCN1C[C@]2(C)CCC(OC)[C@@]34[C@@H]5C[C@@H]6CC[C@@](O)([C@H]5C(=O)O6)[C@@H](C(O)[C@H]23)[C@@H]14. The maximum Gasteiger partial charge on any atom is 0.312 e. The Labute approximate surface area is 166 Å². The van der Waals surface area contributed by atoms with Gasteiger partial charge in [-0.2, -0.15) is 0 Å². The average molecular weight is 392 g/mol. The molecule has 6 nitrogen and oxygen atoms in total. The fraction of sp³-hybridized carbons (Fsp3) is 0.955. The second-order valence-electron chi connectivity index (χ2n) is 10.8. The minimum absolute atomic E-state index is 0.0123. The molecule has 0 aromatic carbocycles. The Balaban J connectivity index is 1.66. The third-order valence-electron chi connectivity index (χ3n) is 10.1. The molecule has 0 aromatic rings. The molecule has 156 valence electrons. The smallest absolute Gasteiger partial charge is 0.312 e. The highest BCUT2D eigenvalue weighted by atomic mass is 16.5. The number of hydrogen-bond donors (Lipinski definition) is 2. The topological polar surface area (TPSA) is 79.2 Å². The summed E-state index contributed by atoms with van der Waals surface area (Å²) in [6, 6.07) is 0.0757. The number of carbonyl (C=O) groups excluding carboxylic acids is 1. The lowest BCUT2D eigenvalue weighted by Crippen LogP contribution is -2.76. The zero-order chi connectivity index (χ0) is 19.6. The maximum atomic E-state index is 13.1. The number of fused-ring (bicyclic) bond motifs is 2. The van der Waals surface area contributed by atoms with Crippen LogP contribution in [-0.2, 0) is 14.3 Å². The number of esters is 1. The van der Waals surface area contributed by atoms with Crippen molar-refractivity contribution in [2.45, 2.75) is 75.9 Å². The number of aliphatic hydroxyl groups is 2. The first-order valence-corrected chi connectivity index (χ1v) is 11.2. The first-order chi connectivity index (χ1) is 13.3. The lowest BCUT2D eigenvalue weighted by atomic mass is 9.42. The Kier molecular flexibility index (Phi) is 3.44. The summed E-state index contributed by atoms with van der Waals surface area (Å²) in [6.07, 6.45) is 3.38. The van der Waals surface area contributed by atoms with Gasteiger partial charge >= 0.3 is 5.97 Å². The Morgan fingerprint density at radius 1 is 1.32 bits per heavy atom. The quantitative estimate of drug-likeness (QED) is 0.689. The van der Waals surface area contributed by atoms with E-state index in [1.807, 2.05) is 0 Å². The third-order valence-corrected chi connectivity index (χ3v) is 10.1. The first kappa shape index (κ1) is 18.1. The molecule has 0 amide bonds. The summed E-state index contributed by atoms with van der Waals surface area (Å²) in [4.78, 5) is 15.6. The summed E-state index contributed by atoms with van der Waals surface area (Å²) in [6.45, 7) is 6.38. The summed E-state index contributed by atoms with van der Waals surface area (Å²) < 4.78 is 11.9. The Bertz CT molecular complexity index is 730. The van der Waals surface area contributed by atoms with Crippen LogP contribution in [0.3, 0.4) is 0 Å². The van der Waals surface area contributed by atoms with E-state index in [2.05, 4.69) is 18.7 Å². The molecule has 2 N–H and O–H groups in total. The molecule has 9 bridgehead atoms. The van der Waals surface area contributed by atoms with Crippen LogP contribution < -0.4 is 0 Å². The van der Waals surface area contributed by atoms with Crippen LogP contribution in [0.4, 0.5) is 0 Å². The van der Waals surface area contributed by atoms with Crippen LogP contribution in [0, 0.1) is 34.5 Å². The molecule has 2 unspecified atom stereocenters. The highest BCUT2D eigenvalue weighted by Crippen LogP contribution is 2.77. The van der Waals surface area contributed by atoms with E-state index in [0.717, 1.165) is 32.4 Å². The Morgan fingerprint density at radius 2 is 2.11 bits per heavy atom. The predicted octanol–water partition coefficient (Wildman–Crippen LogP) is 1.19. The second kappa shape index (κ2) is 5.32. The van der Waals surface area contributed by atoms with Gasteiger partial charge in [-0.3, -0.25) is 9.69 Å². The molecule has 6 heteroatoms. The van der Waals surface area contributed by atoms with Gasteiger partial charge in [-0.25, -0.2) is 0 Å². The van der Waals surface area contributed by atoms with E-state index in [4.69, 9.17) is 9.47 Å². The fourth-order valence-electron chi connectivity index (χ4n) is 9.64. The Morgan fingerprint density at radius 3 is 2.82 bits per heavy atom. The first-order valence-electron chi connectivity index (χ1n) is 11.2. The van der Waals surface area contributed by atoms with Crippen LogP contribution in [0.25, 0.3) is 0 Å². The van der Waals surface area contributed by atoms with Gasteiger partial charge < -0.3 is 19.7 Å². The number of methoxy groups -OCH3 is 1. The van der Waals surface area contributed by atoms with E-state index in [1.54, 1.807) is 7.11 Å². The van der Waals surface area contributed by atoms with Crippen LogP contribution in [0.15, 0.2) is 0 Å². The van der Waals surface area contributed by atoms with Crippen molar-refractivity contribution in [1.29, 1.82) is 0 Å². The van der Waals surface area contributed by atoms with Crippen molar-refractivity contribution in [3.8, 4) is 0 Å². The number of piperidine rings is 1. The van der Waals surface area contributed by atoms with Crippen molar-refractivity contribution in [3.05, 3.63) is 0 Å². The number of likely N-dealkylation sites (tertiary alicyclic amines) is 1. The summed E-state index contributed by atoms with van der Waals surface area (Å²) in [5.41, 5.74) is -1.46. The van der Waals surface area contributed by atoms with Gasteiger partial charge in [0.1, 0.15) is 6.10 Å². The highest BCUT2D eigenvalue weighted by Gasteiger charge is 2.84. The molecule has 1 spiro atoms. The van der Waals surface area contributed by atoms with Gasteiger partial charge in [-0.1, -0.05) is 13.8 Å². The molecular formula is C22H33NO5. The zero-order valence-electron chi connectivity index (χ0n) is 17.1. The van der Waals surface area contributed by atoms with Crippen LogP contribution >= 0.6 is 0 Å². The molecule has 4 saturated carbocycles. The van der Waals surface area contributed by atoms with Crippen molar-refractivity contribution in [2.24, 2.45) is 34.5 Å². The van der Waals surface area contributed by atoms with Gasteiger partial charge in [-0.15, -0.1) is 0 Å². The predicted molar refractivity (Wildman–Crippen MR) is 100 cm³/mol. The van der Waals surface area contributed by atoms with Crippen LogP contribution in [0.1, 0.15) is 46.0 Å². The molecule has 0 aromatic heterocycles. The monoisotopic (exact) mass is 391 g/mol. The number of rotatable bonds is 2. The average Bonchev–Trinajstić information content (AvgIpc) is 2.73. The Hall–Kier alpha value is -0.690. The van der Waals surface area contributed by atoms with Crippen molar-refractivity contribution in [3.63, 3.8) is 0 Å². The van der Waals surface area contributed by atoms with E-state index in [1.165, 1.54) is 0 Å². The summed E-state index contributed by atoms with van der Waals surface area (Å²) >= 11 is 0. The molecule has 4 aliphatic carbocycles. The zero-order valence-corrected chi connectivity index (χ0v) is 17.1.